The van der Waals surface area contributed by atoms with Crippen LogP contribution in [0.2, 0.25) is 0 Å². The molecule has 0 unspecified atom stereocenters. The molecule has 0 atom stereocenters. The Labute approximate surface area is 163 Å². The van der Waals surface area contributed by atoms with Crippen molar-refractivity contribution in [3.8, 4) is 0 Å². The van der Waals surface area contributed by atoms with E-state index in [1.54, 1.807) is 13.0 Å². The average Bonchev–Trinajstić information content (AvgIpc) is 2.71. The van der Waals surface area contributed by atoms with Crippen molar-refractivity contribution in [1.29, 1.82) is 0 Å². The number of hydrogen-bond donors (Lipinski definition) is 0. The lowest BCUT2D eigenvalue weighted by atomic mass is 10.1. The summed E-state index contributed by atoms with van der Waals surface area (Å²) in [6, 6.07) is 12.9. The van der Waals surface area contributed by atoms with Crippen LogP contribution in [0.4, 0.5) is 22.0 Å². The van der Waals surface area contributed by atoms with Crippen molar-refractivity contribution in [1.82, 2.24) is 0 Å². The van der Waals surface area contributed by atoms with Crippen LogP contribution in [-0.4, -0.2) is 8.42 Å². The molecule has 2 nitrogen and oxygen atoms in total. The molecular weight excluding hydrogens is 411 g/mol. The fraction of sp³-hybridized carbons (Fsp3) is 0.0476. The Hall–Kier alpha value is -3.00. The van der Waals surface area contributed by atoms with Crippen LogP contribution in [0.3, 0.4) is 0 Å². The molecule has 3 aromatic rings. The summed E-state index contributed by atoms with van der Waals surface area (Å²) in [5.74, 6) is -10.9. The molecule has 0 amide bonds. The highest BCUT2D eigenvalue weighted by Crippen LogP contribution is 2.33. The fourth-order valence-corrected chi connectivity index (χ4v) is 4.11. The minimum Gasteiger partial charge on any atom is -0.218 e. The zero-order valence-electron chi connectivity index (χ0n) is 14.9. The van der Waals surface area contributed by atoms with E-state index in [-0.39, 0.29) is 10.5 Å². The molecular formula is C21H13F5O2S. The molecule has 0 spiro atoms. The molecule has 3 aromatic carbocycles. The van der Waals surface area contributed by atoms with E-state index in [1.165, 1.54) is 48.5 Å². The Balaban J connectivity index is 2.34. The zero-order chi connectivity index (χ0) is 21.3. The van der Waals surface area contributed by atoms with Gasteiger partial charge in [0, 0.05) is 0 Å². The lowest BCUT2D eigenvalue weighted by molar-refractivity contribution is 0.377. The number of sulfone groups is 1. The van der Waals surface area contributed by atoms with E-state index in [1.807, 2.05) is 0 Å². The first-order chi connectivity index (χ1) is 13.6. The van der Waals surface area contributed by atoms with Gasteiger partial charge in [-0.25, -0.2) is 30.4 Å². The van der Waals surface area contributed by atoms with E-state index < -0.39 is 49.4 Å². The van der Waals surface area contributed by atoms with Crippen LogP contribution in [0.5, 0.6) is 0 Å². The Morgan fingerprint density at radius 2 is 1.21 bits per heavy atom. The SMILES string of the molecule is Cc1ccc(S(=O)(=O)/C(=C/c2c(F)c(F)c(F)c(F)c2F)c2ccccc2)cc1. The van der Waals surface area contributed by atoms with Gasteiger partial charge in [-0.2, -0.15) is 0 Å². The van der Waals surface area contributed by atoms with Crippen LogP contribution in [0, 0.1) is 36.0 Å². The van der Waals surface area contributed by atoms with Gasteiger partial charge in [0.15, 0.2) is 23.3 Å². The lowest BCUT2D eigenvalue weighted by Gasteiger charge is -2.12. The van der Waals surface area contributed by atoms with E-state index in [0.717, 1.165) is 5.56 Å². The predicted molar refractivity (Wildman–Crippen MR) is 98.9 cm³/mol. The fourth-order valence-electron chi connectivity index (χ4n) is 2.64. The second kappa shape index (κ2) is 7.79. The van der Waals surface area contributed by atoms with Gasteiger partial charge in [-0.15, -0.1) is 0 Å². The average molecular weight is 424 g/mol. The molecule has 0 bridgehead atoms. The van der Waals surface area contributed by atoms with Gasteiger partial charge < -0.3 is 0 Å². The van der Waals surface area contributed by atoms with Crippen molar-refractivity contribution >= 4 is 20.8 Å². The van der Waals surface area contributed by atoms with Crippen molar-refractivity contribution in [2.45, 2.75) is 11.8 Å². The second-order valence-corrected chi connectivity index (χ2v) is 8.09. The number of aryl methyl sites for hydroxylation is 1. The monoisotopic (exact) mass is 424 g/mol. The third-order valence-electron chi connectivity index (χ3n) is 4.20. The zero-order valence-corrected chi connectivity index (χ0v) is 15.7. The number of halogens is 5. The van der Waals surface area contributed by atoms with Crippen LogP contribution in [0.25, 0.3) is 11.0 Å². The normalized spacial score (nSPS) is 12.3. The second-order valence-electron chi connectivity index (χ2n) is 6.17. The molecule has 0 saturated heterocycles. The Morgan fingerprint density at radius 3 is 1.72 bits per heavy atom. The van der Waals surface area contributed by atoms with E-state index in [2.05, 4.69) is 0 Å². The smallest absolute Gasteiger partial charge is 0.207 e. The summed E-state index contributed by atoms with van der Waals surface area (Å²) in [6.45, 7) is 1.74. The minimum atomic E-state index is -4.35. The first-order valence-electron chi connectivity index (χ1n) is 8.25. The van der Waals surface area contributed by atoms with Crippen LogP contribution in [-0.2, 0) is 9.84 Å². The number of hydrogen-bond acceptors (Lipinski definition) is 2. The van der Waals surface area contributed by atoms with E-state index in [9.17, 15) is 30.4 Å². The maximum atomic E-state index is 14.2. The Bertz CT molecular complexity index is 1170. The largest absolute Gasteiger partial charge is 0.218 e. The molecule has 8 heteroatoms. The van der Waals surface area contributed by atoms with Gasteiger partial charge in [0.05, 0.1) is 15.4 Å². The van der Waals surface area contributed by atoms with Gasteiger partial charge in [0.25, 0.3) is 0 Å². The standard InChI is InChI=1S/C21H13F5O2S/c1-12-7-9-14(10-8-12)29(27,28)16(13-5-3-2-4-6-13)11-15-17(22)19(24)21(26)20(25)18(15)23/h2-11H,1H3/b16-11+. The molecule has 0 aliphatic carbocycles. The summed E-state index contributed by atoms with van der Waals surface area (Å²) >= 11 is 0. The molecule has 0 aliphatic rings. The maximum Gasteiger partial charge on any atom is 0.207 e. The predicted octanol–water partition coefficient (Wildman–Crippen LogP) is 5.66. The maximum absolute atomic E-state index is 14.2. The van der Waals surface area contributed by atoms with Crippen molar-refractivity contribution in [2.75, 3.05) is 0 Å². The molecule has 0 aliphatic heterocycles. The van der Waals surface area contributed by atoms with Gasteiger partial charge in [-0.1, -0.05) is 48.0 Å². The first-order valence-corrected chi connectivity index (χ1v) is 9.73. The molecule has 0 radical (unpaired) electrons. The van der Waals surface area contributed by atoms with Crippen molar-refractivity contribution < 1.29 is 30.4 Å². The van der Waals surface area contributed by atoms with Gasteiger partial charge in [0.2, 0.25) is 15.7 Å². The molecule has 0 fully saturated rings. The summed E-state index contributed by atoms with van der Waals surface area (Å²) in [6.07, 6.45) is 0.459. The van der Waals surface area contributed by atoms with Crippen LogP contribution in [0.15, 0.2) is 59.5 Å². The number of rotatable bonds is 4. The van der Waals surface area contributed by atoms with E-state index >= 15 is 0 Å². The molecule has 0 aromatic heterocycles. The molecule has 3 rings (SSSR count). The highest BCUT2D eigenvalue weighted by atomic mass is 32.2. The van der Waals surface area contributed by atoms with Crippen LogP contribution < -0.4 is 0 Å². The summed E-state index contributed by atoms with van der Waals surface area (Å²) in [5, 5.41) is 0. The van der Waals surface area contributed by atoms with Crippen LogP contribution in [0.1, 0.15) is 16.7 Å². The Morgan fingerprint density at radius 1 is 0.724 bits per heavy atom. The quantitative estimate of drug-likeness (QED) is 0.234. The highest BCUT2D eigenvalue weighted by molar-refractivity contribution is 8.00. The van der Waals surface area contributed by atoms with E-state index in [0.29, 0.717) is 6.08 Å². The van der Waals surface area contributed by atoms with Crippen molar-refractivity contribution in [2.24, 2.45) is 0 Å². The molecule has 150 valence electrons. The molecule has 0 saturated carbocycles. The van der Waals surface area contributed by atoms with Crippen molar-refractivity contribution in [3.05, 3.63) is 100 Å². The summed E-state index contributed by atoms with van der Waals surface area (Å²) in [7, 11) is -4.35. The third kappa shape index (κ3) is 3.80. The first kappa shape index (κ1) is 20.7. The molecule has 0 N–H and O–H groups in total. The van der Waals surface area contributed by atoms with Crippen molar-refractivity contribution in [3.63, 3.8) is 0 Å². The molecule has 29 heavy (non-hydrogen) atoms. The lowest BCUT2D eigenvalue weighted by Crippen LogP contribution is -2.08. The third-order valence-corrected chi connectivity index (χ3v) is 6.02. The highest BCUT2D eigenvalue weighted by Gasteiger charge is 2.28. The summed E-state index contributed by atoms with van der Waals surface area (Å²) < 4.78 is 95.1. The van der Waals surface area contributed by atoms with Crippen LogP contribution >= 0.6 is 0 Å². The summed E-state index contributed by atoms with van der Waals surface area (Å²) in [4.78, 5) is -0.799. The number of benzene rings is 3. The van der Waals surface area contributed by atoms with Gasteiger partial charge in [-0.3, -0.25) is 0 Å². The molecule has 0 heterocycles. The Kier molecular flexibility index (Phi) is 5.57. The van der Waals surface area contributed by atoms with Gasteiger partial charge >= 0.3 is 0 Å². The summed E-state index contributed by atoms with van der Waals surface area (Å²) in [5.41, 5.74) is -0.540. The van der Waals surface area contributed by atoms with Gasteiger partial charge in [-0.05, 0) is 30.7 Å². The van der Waals surface area contributed by atoms with E-state index in [4.69, 9.17) is 0 Å². The van der Waals surface area contributed by atoms with Gasteiger partial charge in [0.1, 0.15) is 0 Å². The minimum absolute atomic E-state index is 0.0250. The topological polar surface area (TPSA) is 34.1 Å².